The van der Waals surface area contributed by atoms with Gasteiger partial charge in [-0.1, -0.05) is 36.4 Å². The van der Waals surface area contributed by atoms with Gasteiger partial charge >= 0.3 is 5.97 Å². The Morgan fingerprint density at radius 2 is 1.68 bits per heavy atom. The van der Waals surface area contributed by atoms with Gasteiger partial charge in [-0.2, -0.15) is 5.10 Å². The Morgan fingerprint density at radius 1 is 1.00 bits per heavy atom. The van der Waals surface area contributed by atoms with E-state index in [1.165, 1.54) is 16.8 Å². The summed E-state index contributed by atoms with van der Waals surface area (Å²) < 4.78 is 23.6. The third-order valence-corrected chi connectivity index (χ3v) is 6.35. The third-order valence-electron chi connectivity index (χ3n) is 6.35. The number of para-hydroxylation sites is 1. The van der Waals surface area contributed by atoms with E-state index in [0.717, 1.165) is 0 Å². The normalized spacial score (nSPS) is 11.8. The highest BCUT2D eigenvalue weighted by Crippen LogP contribution is 2.37. The van der Waals surface area contributed by atoms with Crippen molar-refractivity contribution < 1.29 is 19.0 Å². The third kappa shape index (κ3) is 4.58. The van der Waals surface area contributed by atoms with Crippen LogP contribution in [0, 0.1) is 12.7 Å². The molecule has 37 heavy (non-hydrogen) atoms. The molecule has 0 bridgehead atoms. The number of aliphatic carboxylic acids is 1. The lowest BCUT2D eigenvalue weighted by molar-refractivity contribution is -0.137. The van der Waals surface area contributed by atoms with E-state index < -0.39 is 17.4 Å². The van der Waals surface area contributed by atoms with Crippen molar-refractivity contribution in [3.63, 3.8) is 0 Å². The summed E-state index contributed by atoms with van der Waals surface area (Å²) in [5, 5.41) is 15.9. The van der Waals surface area contributed by atoms with E-state index in [9.17, 15) is 19.1 Å². The molecule has 0 saturated carbocycles. The summed E-state index contributed by atoms with van der Waals surface area (Å²) in [5.74, 6) is -0.792. The van der Waals surface area contributed by atoms with Gasteiger partial charge in [0, 0.05) is 27.5 Å². The number of fused-ring (bicyclic) bond motifs is 2. The number of aromatic nitrogens is 3. The summed E-state index contributed by atoms with van der Waals surface area (Å²) in [5.41, 5.74) is 1.20. The Balaban J connectivity index is 1.73. The van der Waals surface area contributed by atoms with Crippen molar-refractivity contribution in [2.24, 2.45) is 0 Å². The zero-order valence-electron chi connectivity index (χ0n) is 20.7. The molecule has 1 N–H and O–H groups in total. The van der Waals surface area contributed by atoms with Crippen molar-refractivity contribution in [2.75, 3.05) is 0 Å². The molecule has 0 aliphatic heterocycles. The number of nitrogens with zero attached hydrogens (tertiary/aromatic N) is 3. The molecular formula is C29H26FN3O4. The van der Waals surface area contributed by atoms with E-state index in [1.807, 2.05) is 50.2 Å². The molecule has 5 aromatic rings. The Morgan fingerprint density at radius 3 is 2.38 bits per heavy atom. The van der Waals surface area contributed by atoms with Gasteiger partial charge in [0.05, 0.1) is 11.9 Å². The standard InChI is InChI=1S/C29H26FN3O4/c1-18-26(23-15-19(30)13-14-24(23)32(18)16-25(34)35)27-21-11-7-8-12-22(21)28(36)33(31-27)17-29(2,3)37-20-9-5-4-6-10-20/h4-15H,16-17H2,1-3H3,(H,34,35). The molecule has 5 rings (SSSR count). The van der Waals surface area contributed by atoms with Gasteiger partial charge in [0.15, 0.2) is 0 Å². The molecule has 0 spiro atoms. The predicted molar refractivity (Wildman–Crippen MR) is 140 cm³/mol. The number of carboxylic acid groups (broad SMARTS) is 1. The van der Waals surface area contributed by atoms with Crippen LogP contribution in [0.25, 0.3) is 32.9 Å². The van der Waals surface area contributed by atoms with Crippen LogP contribution in [0.1, 0.15) is 19.5 Å². The fraction of sp³-hybridized carbons (Fsp3) is 0.207. The number of benzene rings is 3. The van der Waals surface area contributed by atoms with Crippen molar-refractivity contribution in [1.29, 1.82) is 0 Å². The van der Waals surface area contributed by atoms with Gasteiger partial charge in [-0.05, 0) is 57.2 Å². The molecule has 3 aromatic carbocycles. The second-order valence-corrected chi connectivity index (χ2v) is 9.63. The van der Waals surface area contributed by atoms with Crippen LogP contribution in [0.5, 0.6) is 5.75 Å². The predicted octanol–water partition coefficient (Wildman–Crippen LogP) is 5.41. The highest BCUT2D eigenvalue weighted by molar-refractivity contribution is 6.05. The molecule has 2 heterocycles. The van der Waals surface area contributed by atoms with Crippen LogP contribution >= 0.6 is 0 Å². The molecular weight excluding hydrogens is 473 g/mol. The van der Waals surface area contributed by atoms with E-state index >= 15 is 0 Å². The maximum Gasteiger partial charge on any atom is 0.323 e. The van der Waals surface area contributed by atoms with Crippen LogP contribution in [-0.2, 0) is 17.9 Å². The lowest BCUT2D eigenvalue weighted by atomic mass is 10.0. The van der Waals surface area contributed by atoms with Crippen LogP contribution in [0.3, 0.4) is 0 Å². The molecule has 0 radical (unpaired) electrons. The maximum absolute atomic E-state index is 14.4. The minimum Gasteiger partial charge on any atom is -0.486 e. The van der Waals surface area contributed by atoms with E-state index in [0.29, 0.717) is 44.4 Å². The Hall–Kier alpha value is -4.46. The molecule has 8 heteroatoms. The van der Waals surface area contributed by atoms with Gasteiger partial charge in [0.1, 0.15) is 29.4 Å². The van der Waals surface area contributed by atoms with Gasteiger partial charge in [-0.3, -0.25) is 9.59 Å². The number of carboxylic acids is 1. The average molecular weight is 500 g/mol. The van der Waals surface area contributed by atoms with Gasteiger partial charge in [-0.15, -0.1) is 0 Å². The minimum atomic E-state index is -1.02. The van der Waals surface area contributed by atoms with Gasteiger partial charge in [0.2, 0.25) is 0 Å². The van der Waals surface area contributed by atoms with Crippen LogP contribution in [0.4, 0.5) is 4.39 Å². The van der Waals surface area contributed by atoms with Gasteiger partial charge in [0.25, 0.3) is 5.56 Å². The summed E-state index contributed by atoms with van der Waals surface area (Å²) in [7, 11) is 0. The van der Waals surface area contributed by atoms with Crippen molar-refractivity contribution in [1.82, 2.24) is 14.3 Å². The molecule has 0 unspecified atom stereocenters. The van der Waals surface area contributed by atoms with Crippen molar-refractivity contribution >= 4 is 27.6 Å². The summed E-state index contributed by atoms with van der Waals surface area (Å²) in [4.78, 5) is 25.1. The highest BCUT2D eigenvalue weighted by atomic mass is 19.1. The Kier molecular flexibility index (Phi) is 6.03. The van der Waals surface area contributed by atoms with E-state index in [-0.39, 0.29) is 18.6 Å². The summed E-state index contributed by atoms with van der Waals surface area (Å²) in [6, 6.07) is 20.7. The zero-order valence-corrected chi connectivity index (χ0v) is 20.7. The average Bonchev–Trinajstić information content (AvgIpc) is 3.11. The summed E-state index contributed by atoms with van der Waals surface area (Å²) >= 11 is 0. The van der Waals surface area contributed by atoms with Gasteiger partial charge < -0.3 is 14.4 Å². The number of hydrogen-bond donors (Lipinski definition) is 1. The van der Waals surface area contributed by atoms with E-state index in [4.69, 9.17) is 9.84 Å². The lowest BCUT2D eigenvalue weighted by Crippen LogP contribution is -2.39. The molecule has 0 atom stereocenters. The minimum absolute atomic E-state index is 0.153. The molecule has 2 aromatic heterocycles. The van der Waals surface area contributed by atoms with E-state index in [1.54, 1.807) is 35.8 Å². The van der Waals surface area contributed by atoms with Crippen molar-refractivity contribution in [3.05, 3.63) is 94.7 Å². The van der Waals surface area contributed by atoms with Crippen LogP contribution in [-0.4, -0.2) is 31.0 Å². The number of ether oxygens (including phenoxy) is 1. The topological polar surface area (TPSA) is 86.4 Å². The van der Waals surface area contributed by atoms with Crippen LogP contribution in [0.15, 0.2) is 77.6 Å². The SMILES string of the molecule is Cc1c(-c2nn(CC(C)(C)Oc3ccccc3)c(=O)c3ccccc23)c2cc(F)ccc2n1CC(=O)O. The fourth-order valence-corrected chi connectivity index (χ4v) is 4.82. The van der Waals surface area contributed by atoms with E-state index in [2.05, 4.69) is 0 Å². The largest absolute Gasteiger partial charge is 0.486 e. The van der Waals surface area contributed by atoms with Crippen molar-refractivity contribution in [2.45, 2.75) is 39.5 Å². The second kappa shape index (κ2) is 9.20. The number of halogens is 1. The molecule has 0 aliphatic rings. The molecule has 0 fully saturated rings. The fourth-order valence-electron chi connectivity index (χ4n) is 4.82. The highest BCUT2D eigenvalue weighted by Gasteiger charge is 2.26. The summed E-state index contributed by atoms with van der Waals surface area (Å²) in [6.45, 7) is 5.40. The molecule has 0 saturated heterocycles. The van der Waals surface area contributed by atoms with Crippen molar-refractivity contribution in [3.8, 4) is 17.0 Å². The maximum atomic E-state index is 14.4. The monoisotopic (exact) mass is 499 g/mol. The van der Waals surface area contributed by atoms with Crippen LogP contribution < -0.4 is 10.3 Å². The zero-order chi connectivity index (χ0) is 26.3. The molecule has 7 nitrogen and oxygen atoms in total. The number of rotatable bonds is 7. The lowest BCUT2D eigenvalue weighted by Gasteiger charge is -2.27. The first-order valence-corrected chi connectivity index (χ1v) is 11.9. The quantitative estimate of drug-likeness (QED) is 0.324. The Labute approximate surface area is 212 Å². The first-order valence-electron chi connectivity index (χ1n) is 11.9. The first kappa shape index (κ1) is 24.2. The smallest absolute Gasteiger partial charge is 0.323 e. The number of hydrogen-bond acceptors (Lipinski definition) is 4. The number of carbonyl (C=O) groups is 1. The van der Waals surface area contributed by atoms with Crippen LogP contribution in [0.2, 0.25) is 0 Å². The molecule has 0 aliphatic carbocycles. The molecule has 0 amide bonds. The first-order chi connectivity index (χ1) is 17.6. The second-order valence-electron chi connectivity index (χ2n) is 9.63. The molecule has 188 valence electrons. The summed E-state index contributed by atoms with van der Waals surface area (Å²) in [6.07, 6.45) is 0. The van der Waals surface area contributed by atoms with Gasteiger partial charge in [-0.25, -0.2) is 9.07 Å². The Bertz CT molecular complexity index is 1700.